The van der Waals surface area contributed by atoms with Crippen molar-refractivity contribution in [1.29, 1.82) is 0 Å². The summed E-state index contributed by atoms with van der Waals surface area (Å²) in [7, 11) is 0. The van der Waals surface area contributed by atoms with Crippen molar-refractivity contribution in [1.82, 2.24) is 10.2 Å². The Morgan fingerprint density at radius 3 is 2.56 bits per heavy atom. The van der Waals surface area contributed by atoms with Gasteiger partial charge in [0.2, 0.25) is 5.91 Å². The predicted molar refractivity (Wildman–Crippen MR) is 68.4 cm³/mol. The highest BCUT2D eigenvalue weighted by Gasteiger charge is 2.60. The van der Waals surface area contributed by atoms with Crippen molar-refractivity contribution in [2.45, 2.75) is 51.4 Å². The van der Waals surface area contributed by atoms with E-state index in [0.717, 1.165) is 18.6 Å². The van der Waals surface area contributed by atoms with Crippen LogP contribution in [0.2, 0.25) is 0 Å². The molecular formula is C12H22N2OS. The van der Waals surface area contributed by atoms with Gasteiger partial charge in [-0.1, -0.05) is 13.8 Å². The molecule has 0 radical (unpaired) electrons. The third-order valence-corrected chi connectivity index (χ3v) is 4.45. The lowest BCUT2D eigenvalue weighted by molar-refractivity contribution is -0.132. The molecule has 0 aromatic carbocycles. The van der Waals surface area contributed by atoms with Crippen LogP contribution >= 0.6 is 11.8 Å². The summed E-state index contributed by atoms with van der Waals surface area (Å²) in [6, 6.07) is 0.336. The molecule has 16 heavy (non-hydrogen) atoms. The largest absolute Gasteiger partial charge is 0.322 e. The van der Waals surface area contributed by atoms with Crippen molar-refractivity contribution >= 4 is 17.7 Å². The number of carbonyl (C=O) groups is 1. The molecule has 1 amide bonds. The van der Waals surface area contributed by atoms with E-state index in [0.29, 0.717) is 17.9 Å². The van der Waals surface area contributed by atoms with Gasteiger partial charge in [0.15, 0.2) is 0 Å². The van der Waals surface area contributed by atoms with E-state index in [9.17, 15) is 4.79 Å². The highest BCUT2D eigenvalue weighted by Crippen LogP contribution is 2.44. The van der Waals surface area contributed by atoms with Crippen molar-refractivity contribution in [3.8, 4) is 0 Å². The third kappa shape index (κ3) is 1.86. The first kappa shape index (κ1) is 12.2. The first-order valence-electron chi connectivity index (χ1n) is 6.11. The second-order valence-corrected chi connectivity index (χ2v) is 6.34. The van der Waals surface area contributed by atoms with E-state index in [1.807, 2.05) is 11.8 Å². The van der Waals surface area contributed by atoms with Crippen molar-refractivity contribution in [3.05, 3.63) is 0 Å². The summed E-state index contributed by atoms with van der Waals surface area (Å²) in [5.41, 5.74) is -0.165. The number of amides is 1. The van der Waals surface area contributed by atoms with Crippen LogP contribution in [-0.4, -0.2) is 40.6 Å². The summed E-state index contributed by atoms with van der Waals surface area (Å²) in [6.07, 6.45) is 4.38. The lowest BCUT2D eigenvalue weighted by Crippen LogP contribution is -2.47. The molecule has 2 rings (SSSR count). The van der Waals surface area contributed by atoms with Crippen LogP contribution in [0.3, 0.4) is 0 Å². The van der Waals surface area contributed by atoms with E-state index in [2.05, 4.69) is 37.2 Å². The van der Waals surface area contributed by atoms with Gasteiger partial charge in [0.1, 0.15) is 0 Å². The molecule has 2 unspecified atom stereocenters. The first-order chi connectivity index (χ1) is 7.52. The molecule has 4 heteroatoms. The summed E-state index contributed by atoms with van der Waals surface area (Å²) in [5.74, 6) is 1.84. The molecule has 1 N–H and O–H groups in total. The highest BCUT2D eigenvalue weighted by molar-refractivity contribution is 7.98. The number of thioether (sulfide) groups is 1. The summed E-state index contributed by atoms with van der Waals surface area (Å²) in [6.45, 7) is 6.53. The Labute approximate surface area is 102 Å². The van der Waals surface area contributed by atoms with Gasteiger partial charge in [-0.2, -0.15) is 11.8 Å². The van der Waals surface area contributed by atoms with Gasteiger partial charge in [0.05, 0.1) is 11.7 Å². The van der Waals surface area contributed by atoms with Gasteiger partial charge < -0.3 is 4.90 Å². The van der Waals surface area contributed by atoms with Gasteiger partial charge >= 0.3 is 0 Å². The molecule has 3 nitrogen and oxygen atoms in total. The van der Waals surface area contributed by atoms with Gasteiger partial charge in [0.25, 0.3) is 0 Å². The molecule has 1 aliphatic carbocycles. The molecule has 1 saturated carbocycles. The molecule has 92 valence electrons. The number of hydrogen-bond acceptors (Lipinski definition) is 3. The zero-order valence-electron chi connectivity index (χ0n) is 10.6. The number of hydrogen-bond donors (Lipinski definition) is 1. The van der Waals surface area contributed by atoms with Crippen molar-refractivity contribution in [2.75, 3.05) is 12.0 Å². The van der Waals surface area contributed by atoms with Crippen LogP contribution in [0, 0.1) is 5.92 Å². The van der Waals surface area contributed by atoms with E-state index in [4.69, 9.17) is 0 Å². The Hall–Kier alpha value is -0.220. The minimum atomic E-state index is -0.165. The molecule has 1 saturated heterocycles. The van der Waals surface area contributed by atoms with E-state index < -0.39 is 0 Å². The molecule has 0 aromatic heterocycles. The predicted octanol–water partition coefficient (Wildman–Crippen LogP) is 1.68. The molecule has 2 atom stereocenters. The Morgan fingerprint density at radius 1 is 1.50 bits per heavy atom. The lowest BCUT2D eigenvalue weighted by atomic mass is 10.1. The molecule has 0 aromatic rings. The summed E-state index contributed by atoms with van der Waals surface area (Å²) in [4.78, 5) is 14.5. The van der Waals surface area contributed by atoms with Crippen LogP contribution in [0.5, 0.6) is 0 Å². The summed E-state index contributed by atoms with van der Waals surface area (Å²) >= 11 is 1.81. The maximum absolute atomic E-state index is 12.4. The molecule has 1 aliphatic heterocycles. The number of carbonyl (C=O) groups excluding carboxylic acids is 1. The minimum Gasteiger partial charge on any atom is -0.322 e. The maximum atomic E-state index is 12.4. The SMILES string of the molecule is CSCC(C)N1C(=O)C2(CC2)NC1C(C)C. The van der Waals surface area contributed by atoms with E-state index in [1.54, 1.807) is 0 Å². The van der Waals surface area contributed by atoms with Gasteiger partial charge in [-0.05, 0) is 31.9 Å². The van der Waals surface area contributed by atoms with Crippen LogP contribution in [0.4, 0.5) is 0 Å². The molecule has 1 spiro atoms. The average molecular weight is 242 g/mol. The zero-order chi connectivity index (χ0) is 11.9. The second-order valence-electron chi connectivity index (χ2n) is 5.43. The van der Waals surface area contributed by atoms with Crippen LogP contribution < -0.4 is 5.32 Å². The molecule has 2 fully saturated rings. The van der Waals surface area contributed by atoms with Crippen LogP contribution in [0.1, 0.15) is 33.6 Å². The van der Waals surface area contributed by atoms with E-state index in [1.165, 1.54) is 0 Å². The number of nitrogens with one attached hydrogen (secondary N) is 1. The topological polar surface area (TPSA) is 32.3 Å². The van der Waals surface area contributed by atoms with Gasteiger partial charge in [-0.3, -0.25) is 10.1 Å². The van der Waals surface area contributed by atoms with Gasteiger partial charge in [-0.15, -0.1) is 0 Å². The first-order valence-corrected chi connectivity index (χ1v) is 7.50. The van der Waals surface area contributed by atoms with E-state index >= 15 is 0 Å². The summed E-state index contributed by atoms with van der Waals surface area (Å²) in [5, 5.41) is 3.55. The number of nitrogens with zero attached hydrogens (tertiary/aromatic N) is 1. The fraction of sp³-hybridized carbons (Fsp3) is 0.917. The summed E-state index contributed by atoms with van der Waals surface area (Å²) < 4.78 is 0. The van der Waals surface area contributed by atoms with Crippen molar-refractivity contribution in [3.63, 3.8) is 0 Å². The fourth-order valence-electron chi connectivity index (χ4n) is 2.55. The van der Waals surface area contributed by atoms with Crippen LogP contribution in [0.15, 0.2) is 0 Å². The van der Waals surface area contributed by atoms with E-state index in [-0.39, 0.29) is 11.7 Å². The second kappa shape index (κ2) is 4.22. The lowest BCUT2D eigenvalue weighted by Gasteiger charge is -2.32. The van der Waals surface area contributed by atoms with Gasteiger partial charge in [-0.25, -0.2) is 0 Å². The molecular weight excluding hydrogens is 220 g/mol. The van der Waals surface area contributed by atoms with Crippen molar-refractivity contribution < 1.29 is 4.79 Å². The third-order valence-electron chi connectivity index (χ3n) is 3.63. The fourth-order valence-corrected chi connectivity index (χ4v) is 3.20. The maximum Gasteiger partial charge on any atom is 0.244 e. The van der Waals surface area contributed by atoms with Gasteiger partial charge in [0, 0.05) is 11.8 Å². The Kier molecular flexibility index (Phi) is 3.23. The zero-order valence-corrected chi connectivity index (χ0v) is 11.4. The number of rotatable bonds is 4. The molecule has 2 aliphatic rings. The molecule has 0 bridgehead atoms. The highest BCUT2D eigenvalue weighted by atomic mass is 32.2. The van der Waals surface area contributed by atoms with Crippen LogP contribution in [-0.2, 0) is 4.79 Å². The smallest absolute Gasteiger partial charge is 0.244 e. The quantitative estimate of drug-likeness (QED) is 0.814. The Bertz CT molecular complexity index is 289. The normalized spacial score (nSPS) is 29.2. The average Bonchev–Trinajstić information content (AvgIpc) is 2.91. The standard InChI is InChI=1S/C12H22N2OS/c1-8(2)10-13-12(5-6-12)11(15)14(10)9(3)7-16-4/h8-10,13H,5-7H2,1-4H3. The minimum absolute atomic E-state index is 0.165. The monoisotopic (exact) mass is 242 g/mol. The van der Waals surface area contributed by atoms with Crippen molar-refractivity contribution in [2.24, 2.45) is 5.92 Å². The van der Waals surface area contributed by atoms with Crippen LogP contribution in [0.25, 0.3) is 0 Å². The molecule has 1 heterocycles. The Morgan fingerprint density at radius 2 is 2.12 bits per heavy atom. The Balaban J connectivity index is 2.15.